The highest BCUT2D eigenvalue weighted by atomic mass is 16.7. The van der Waals surface area contributed by atoms with Crippen LogP contribution in [0.2, 0.25) is 0 Å². The van der Waals surface area contributed by atoms with Gasteiger partial charge in [0.05, 0.1) is 18.5 Å². The standard InChI is InChI=1S/C20H18N2O5/c23-19-21-7-12(27-19)8-22-9-20(13-3-1-2-4-15(13)22)10-24-16-6-18-17(5-14(16)20)25-11-26-18/h1-6,12H,7-11H2,(H,21,23). The number of ether oxygens (including phenoxy) is 4. The van der Waals surface area contributed by atoms with Crippen LogP contribution in [0.15, 0.2) is 36.4 Å². The molecule has 0 saturated carbocycles. The van der Waals surface area contributed by atoms with E-state index >= 15 is 0 Å². The molecule has 4 aliphatic rings. The molecule has 7 heteroatoms. The Morgan fingerprint density at radius 2 is 1.93 bits per heavy atom. The number of hydrogen-bond acceptors (Lipinski definition) is 6. The minimum absolute atomic E-state index is 0.153. The molecular weight excluding hydrogens is 348 g/mol. The van der Waals surface area contributed by atoms with Crippen LogP contribution in [0.5, 0.6) is 17.2 Å². The number of alkyl carbamates (subject to hydrolysis) is 1. The third-order valence-electron chi connectivity index (χ3n) is 5.86. The molecule has 2 atom stereocenters. The number of amides is 1. The van der Waals surface area contributed by atoms with Gasteiger partial charge in [-0.25, -0.2) is 4.79 Å². The molecular formula is C20H18N2O5. The summed E-state index contributed by atoms with van der Waals surface area (Å²) in [6.45, 7) is 2.77. The van der Waals surface area contributed by atoms with E-state index in [2.05, 4.69) is 34.5 Å². The lowest BCUT2D eigenvalue weighted by Gasteiger charge is -2.26. The van der Waals surface area contributed by atoms with Crippen LogP contribution in [0.4, 0.5) is 10.5 Å². The van der Waals surface area contributed by atoms with Crippen molar-refractivity contribution in [3.8, 4) is 17.2 Å². The number of carbonyl (C=O) groups is 1. The zero-order chi connectivity index (χ0) is 18.0. The summed E-state index contributed by atoms with van der Waals surface area (Å²) < 4.78 is 22.6. The normalized spacial score (nSPS) is 26.6. The maximum absolute atomic E-state index is 11.4. The molecule has 2 aromatic rings. The van der Waals surface area contributed by atoms with E-state index in [-0.39, 0.29) is 24.4 Å². The molecule has 1 spiro atoms. The fraction of sp³-hybridized carbons (Fsp3) is 0.350. The van der Waals surface area contributed by atoms with E-state index in [0.717, 1.165) is 35.0 Å². The Balaban J connectivity index is 1.42. The van der Waals surface area contributed by atoms with Crippen molar-refractivity contribution in [2.75, 3.05) is 37.9 Å². The lowest BCUT2D eigenvalue weighted by Crippen LogP contribution is -2.40. The molecule has 7 nitrogen and oxygen atoms in total. The van der Waals surface area contributed by atoms with Gasteiger partial charge in [0.15, 0.2) is 11.5 Å². The second-order valence-electron chi connectivity index (χ2n) is 7.38. The molecule has 1 N–H and O–H groups in total. The number of cyclic esters (lactones) is 1. The van der Waals surface area contributed by atoms with Gasteiger partial charge in [0.25, 0.3) is 0 Å². The van der Waals surface area contributed by atoms with Crippen LogP contribution in [0.1, 0.15) is 11.1 Å². The number of benzene rings is 2. The number of para-hydroxylation sites is 1. The van der Waals surface area contributed by atoms with Crippen LogP contribution >= 0.6 is 0 Å². The van der Waals surface area contributed by atoms with Crippen LogP contribution in [0, 0.1) is 0 Å². The van der Waals surface area contributed by atoms with E-state index in [1.165, 1.54) is 5.56 Å². The van der Waals surface area contributed by atoms with Gasteiger partial charge in [-0.2, -0.15) is 0 Å². The lowest BCUT2D eigenvalue weighted by atomic mass is 9.77. The number of fused-ring (bicyclic) bond motifs is 5. The van der Waals surface area contributed by atoms with Crippen molar-refractivity contribution in [1.29, 1.82) is 0 Å². The number of rotatable bonds is 2. The second kappa shape index (κ2) is 5.22. The van der Waals surface area contributed by atoms with Gasteiger partial charge in [-0.1, -0.05) is 18.2 Å². The van der Waals surface area contributed by atoms with E-state index in [1.807, 2.05) is 12.1 Å². The highest BCUT2D eigenvalue weighted by Crippen LogP contribution is 2.54. The first kappa shape index (κ1) is 15.0. The highest BCUT2D eigenvalue weighted by molar-refractivity contribution is 5.72. The highest BCUT2D eigenvalue weighted by Gasteiger charge is 2.50. The topological polar surface area (TPSA) is 69.3 Å². The molecule has 2 unspecified atom stereocenters. The SMILES string of the molecule is O=C1NCC(CN2CC3(COc4cc5c(cc43)OCO5)c3ccccc32)O1. The molecule has 4 heterocycles. The van der Waals surface area contributed by atoms with Crippen molar-refractivity contribution in [3.05, 3.63) is 47.5 Å². The van der Waals surface area contributed by atoms with Crippen molar-refractivity contribution in [2.45, 2.75) is 11.5 Å². The Morgan fingerprint density at radius 1 is 1.07 bits per heavy atom. The second-order valence-corrected chi connectivity index (χ2v) is 7.38. The maximum Gasteiger partial charge on any atom is 0.407 e. The van der Waals surface area contributed by atoms with Crippen LogP contribution in [0.3, 0.4) is 0 Å². The third kappa shape index (κ3) is 2.05. The van der Waals surface area contributed by atoms with Gasteiger partial charge in [-0.15, -0.1) is 0 Å². The average Bonchev–Trinajstić information content (AvgIpc) is 3.43. The van der Waals surface area contributed by atoms with E-state index in [4.69, 9.17) is 18.9 Å². The van der Waals surface area contributed by atoms with E-state index < -0.39 is 0 Å². The molecule has 1 saturated heterocycles. The molecule has 1 fully saturated rings. The molecule has 0 bridgehead atoms. The van der Waals surface area contributed by atoms with Crippen LogP contribution in [-0.4, -0.2) is 45.2 Å². The Labute approximate surface area is 155 Å². The third-order valence-corrected chi connectivity index (χ3v) is 5.86. The van der Waals surface area contributed by atoms with Crippen molar-refractivity contribution < 1.29 is 23.7 Å². The molecule has 2 aromatic carbocycles. The predicted molar refractivity (Wildman–Crippen MR) is 95.8 cm³/mol. The fourth-order valence-electron chi connectivity index (χ4n) is 4.64. The lowest BCUT2D eigenvalue weighted by molar-refractivity contribution is 0.142. The van der Waals surface area contributed by atoms with Gasteiger partial charge < -0.3 is 29.2 Å². The van der Waals surface area contributed by atoms with Gasteiger partial charge >= 0.3 is 6.09 Å². The first-order chi connectivity index (χ1) is 13.2. The summed E-state index contributed by atoms with van der Waals surface area (Å²) in [5, 5.41) is 2.73. The average molecular weight is 366 g/mol. The summed E-state index contributed by atoms with van der Waals surface area (Å²) in [6, 6.07) is 12.4. The monoisotopic (exact) mass is 366 g/mol. The number of nitrogens with one attached hydrogen (secondary N) is 1. The van der Waals surface area contributed by atoms with E-state index in [1.54, 1.807) is 0 Å². The first-order valence-corrected chi connectivity index (χ1v) is 9.09. The van der Waals surface area contributed by atoms with Crippen molar-refractivity contribution in [3.63, 3.8) is 0 Å². The van der Waals surface area contributed by atoms with Gasteiger partial charge in [-0.3, -0.25) is 0 Å². The van der Waals surface area contributed by atoms with Gasteiger partial charge in [0.1, 0.15) is 18.5 Å². The van der Waals surface area contributed by atoms with Crippen LogP contribution < -0.4 is 24.4 Å². The van der Waals surface area contributed by atoms with E-state index in [9.17, 15) is 4.79 Å². The van der Waals surface area contributed by atoms with Gasteiger partial charge in [0, 0.05) is 23.9 Å². The van der Waals surface area contributed by atoms with Crippen LogP contribution in [-0.2, 0) is 10.2 Å². The van der Waals surface area contributed by atoms with Crippen molar-refractivity contribution in [1.82, 2.24) is 5.32 Å². The summed E-state index contributed by atoms with van der Waals surface area (Å²) in [7, 11) is 0. The van der Waals surface area contributed by atoms with Gasteiger partial charge in [-0.05, 0) is 17.7 Å². The molecule has 27 heavy (non-hydrogen) atoms. The van der Waals surface area contributed by atoms with E-state index in [0.29, 0.717) is 19.7 Å². The predicted octanol–water partition coefficient (Wildman–Crippen LogP) is 2.02. The maximum atomic E-state index is 11.4. The quantitative estimate of drug-likeness (QED) is 0.877. The Morgan fingerprint density at radius 3 is 2.78 bits per heavy atom. The molecule has 0 aromatic heterocycles. The van der Waals surface area contributed by atoms with Gasteiger partial charge in [0.2, 0.25) is 6.79 Å². The minimum Gasteiger partial charge on any atom is -0.492 e. The molecule has 4 aliphatic heterocycles. The Hall–Kier alpha value is -3.09. The molecule has 1 amide bonds. The summed E-state index contributed by atoms with van der Waals surface area (Å²) in [4.78, 5) is 13.7. The Bertz CT molecular complexity index is 961. The largest absolute Gasteiger partial charge is 0.492 e. The van der Waals surface area contributed by atoms with Crippen molar-refractivity contribution in [2.24, 2.45) is 0 Å². The summed E-state index contributed by atoms with van der Waals surface area (Å²) in [6.07, 6.45) is -0.497. The summed E-state index contributed by atoms with van der Waals surface area (Å²) >= 11 is 0. The summed E-state index contributed by atoms with van der Waals surface area (Å²) in [5.74, 6) is 2.35. The molecule has 0 aliphatic carbocycles. The smallest absolute Gasteiger partial charge is 0.407 e. The number of hydrogen-bond donors (Lipinski definition) is 1. The zero-order valence-electron chi connectivity index (χ0n) is 14.6. The fourth-order valence-corrected chi connectivity index (χ4v) is 4.64. The number of anilines is 1. The minimum atomic E-state index is -0.343. The number of nitrogens with zero attached hydrogens (tertiary/aromatic N) is 1. The zero-order valence-corrected chi connectivity index (χ0v) is 14.6. The molecule has 6 rings (SSSR count). The first-order valence-electron chi connectivity index (χ1n) is 9.09. The number of carbonyl (C=O) groups excluding carboxylic acids is 1. The van der Waals surface area contributed by atoms with Crippen molar-refractivity contribution >= 4 is 11.8 Å². The molecule has 0 radical (unpaired) electrons. The summed E-state index contributed by atoms with van der Waals surface area (Å²) in [5.41, 5.74) is 3.26. The Kier molecular flexibility index (Phi) is 2.90. The molecule has 138 valence electrons. The van der Waals surface area contributed by atoms with Crippen LogP contribution in [0.25, 0.3) is 0 Å².